The quantitative estimate of drug-likeness (QED) is 0.714. The predicted octanol–water partition coefficient (Wildman–Crippen LogP) is 0.656. The van der Waals surface area contributed by atoms with Gasteiger partial charge < -0.3 is 15.2 Å². The van der Waals surface area contributed by atoms with Crippen LogP contribution in [-0.4, -0.2) is 28.7 Å². The van der Waals surface area contributed by atoms with Crippen LogP contribution in [0.25, 0.3) is 0 Å². The summed E-state index contributed by atoms with van der Waals surface area (Å²) in [5.74, 6) is 1.05. The summed E-state index contributed by atoms with van der Waals surface area (Å²) in [5.41, 5.74) is 7.01. The number of nitrogens with two attached hydrogens (primary N) is 1. The molecule has 1 saturated heterocycles. The van der Waals surface area contributed by atoms with E-state index < -0.39 is 0 Å². The van der Waals surface area contributed by atoms with Gasteiger partial charge in [-0.05, 0) is 19.8 Å². The number of aryl methyl sites for hydroxylation is 2. The number of hydrogen-bond acceptors (Lipinski definition) is 3. The number of anilines is 1. The van der Waals surface area contributed by atoms with Crippen LogP contribution >= 0.6 is 0 Å². The molecular weight excluding hydrogens is 176 g/mol. The topological polar surface area (TPSA) is 47.1 Å². The lowest BCUT2D eigenvalue weighted by molar-refractivity contribution is 0.496. The molecule has 0 bridgehead atoms. The monoisotopic (exact) mass is 194 g/mol. The molecule has 1 aromatic heterocycles. The second kappa shape index (κ2) is 3.61. The normalized spacial score (nSPS) is 22.8. The second-order valence-corrected chi connectivity index (χ2v) is 4.14. The van der Waals surface area contributed by atoms with Gasteiger partial charge in [0.15, 0.2) is 0 Å². The van der Waals surface area contributed by atoms with E-state index in [4.69, 9.17) is 5.73 Å². The molecule has 1 atom stereocenters. The lowest BCUT2D eigenvalue weighted by atomic mass is 10.1. The standard InChI is InChI=1S/C10H18N4/c1-8-6-13(2)10(12-8)14-5-3-4-9(11)7-14/h6,9H,3-5,7,11H2,1-2H3. The smallest absolute Gasteiger partial charge is 0.205 e. The molecule has 14 heavy (non-hydrogen) atoms. The summed E-state index contributed by atoms with van der Waals surface area (Å²) in [5, 5.41) is 0. The van der Waals surface area contributed by atoms with E-state index in [1.807, 2.05) is 14.0 Å². The minimum Gasteiger partial charge on any atom is -0.341 e. The van der Waals surface area contributed by atoms with Gasteiger partial charge in [-0.2, -0.15) is 0 Å². The summed E-state index contributed by atoms with van der Waals surface area (Å²) >= 11 is 0. The van der Waals surface area contributed by atoms with Gasteiger partial charge in [-0.1, -0.05) is 0 Å². The van der Waals surface area contributed by atoms with Crippen molar-refractivity contribution in [1.29, 1.82) is 0 Å². The summed E-state index contributed by atoms with van der Waals surface area (Å²) in [4.78, 5) is 6.78. The van der Waals surface area contributed by atoms with E-state index >= 15 is 0 Å². The van der Waals surface area contributed by atoms with Crippen LogP contribution in [0.1, 0.15) is 18.5 Å². The Hall–Kier alpha value is -1.03. The van der Waals surface area contributed by atoms with Gasteiger partial charge in [0.05, 0.1) is 5.69 Å². The Morgan fingerprint density at radius 2 is 2.36 bits per heavy atom. The van der Waals surface area contributed by atoms with Crippen molar-refractivity contribution in [3.05, 3.63) is 11.9 Å². The lowest BCUT2D eigenvalue weighted by Gasteiger charge is -2.31. The van der Waals surface area contributed by atoms with Gasteiger partial charge in [0.1, 0.15) is 0 Å². The first-order valence-electron chi connectivity index (χ1n) is 5.17. The highest BCUT2D eigenvalue weighted by Gasteiger charge is 2.19. The molecule has 0 saturated carbocycles. The highest BCUT2D eigenvalue weighted by Crippen LogP contribution is 2.17. The first-order chi connectivity index (χ1) is 6.66. The molecule has 2 N–H and O–H groups in total. The summed E-state index contributed by atoms with van der Waals surface area (Å²) in [6, 6.07) is 0.306. The predicted molar refractivity (Wildman–Crippen MR) is 57.4 cm³/mol. The fourth-order valence-electron chi connectivity index (χ4n) is 2.09. The van der Waals surface area contributed by atoms with Crippen molar-refractivity contribution in [3.8, 4) is 0 Å². The zero-order valence-corrected chi connectivity index (χ0v) is 8.90. The van der Waals surface area contributed by atoms with Gasteiger partial charge in [-0.3, -0.25) is 0 Å². The molecule has 1 unspecified atom stereocenters. The Kier molecular flexibility index (Phi) is 2.46. The van der Waals surface area contributed by atoms with Gasteiger partial charge in [-0.25, -0.2) is 4.98 Å². The molecule has 2 heterocycles. The SMILES string of the molecule is Cc1cn(C)c(N2CCCC(N)C2)n1. The van der Waals surface area contributed by atoms with E-state index in [2.05, 4.69) is 20.6 Å². The van der Waals surface area contributed by atoms with Crippen molar-refractivity contribution in [1.82, 2.24) is 9.55 Å². The van der Waals surface area contributed by atoms with E-state index in [0.29, 0.717) is 6.04 Å². The van der Waals surface area contributed by atoms with E-state index in [1.54, 1.807) is 0 Å². The van der Waals surface area contributed by atoms with Crippen LogP contribution < -0.4 is 10.6 Å². The van der Waals surface area contributed by atoms with Crippen LogP contribution in [0.3, 0.4) is 0 Å². The summed E-state index contributed by atoms with van der Waals surface area (Å²) in [7, 11) is 2.04. The first-order valence-corrected chi connectivity index (χ1v) is 5.17. The van der Waals surface area contributed by atoms with Crippen molar-refractivity contribution in [2.24, 2.45) is 12.8 Å². The molecule has 0 spiro atoms. The number of piperidine rings is 1. The number of nitrogens with zero attached hydrogens (tertiary/aromatic N) is 3. The number of imidazole rings is 1. The number of hydrogen-bond donors (Lipinski definition) is 1. The van der Waals surface area contributed by atoms with Gasteiger partial charge in [0.25, 0.3) is 0 Å². The second-order valence-electron chi connectivity index (χ2n) is 4.14. The summed E-state index contributed by atoms with van der Waals surface area (Å²) < 4.78 is 2.08. The molecule has 1 fully saturated rings. The van der Waals surface area contributed by atoms with Crippen LogP contribution in [0.4, 0.5) is 5.95 Å². The fraction of sp³-hybridized carbons (Fsp3) is 0.700. The van der Waals surface area contributed by atoms with E-state index in [0.717, 1.165) is 31.2 Å². The Bertz CT molecular complexity index is 318. The van der Waals surface area contributed by atoms with Crippen LogP contribution in [-0.2, 0) is 7.05 Å². The van der Waals surface area contributed by atoms with Crippen molar-refractivity contribution in [2.45, 2.75) is 25.8 Å². The van der Waals surface area contributed by atoms with E-state index in [1.165, 1.54) is 6.42 Å². The molecule has 1 aliphatic heterocycles. The van der Waals surface area contributed by atoms with Gasteiger partial charge in [-0.15, -0.1) is 0 Å². The van der Waals surface area contributed by atoms with E-state index in [9.17, 15) is 0 Å². The third kappa shape index (κ3) is 1.75. The molecule has 0 amide bonds. The van der Waals surface area contributed by atoms with Gasteiger partial charge >= 0.3 is 0 Å². The molecule has 0 aliphatic carbocycles. The largest absolute Gasteiger partial charge is 0.341 e. The molecule has 4 nitrogen and oxygen atoms in total. The fourth-order valence-corrected chi connectivity index (χ4v) is 2.09. The number of rotatable bonds is 1. The molecular formula is C10H18N4. The minimum atomic E-state index is 0.306. The Morgan fingerprint density at radius 3 is 2.93 bits per heavy atom. The average molecular weight is 194 g/mol. The maximum atomic E-state index is 5.94. The maximum Gasteiger partial charge on any atom is 0.205 e. The third-order valence-electron chi connectivity index (χ3n) is 2.71. The number of aromatic nitrogens is 2. The molecule has 0 aromatic carbocycles. The van der Waals surface area contributed by atoms with Crippen molar-refractivity contribution >= 4 is 5.95 Å². The lowest BCUT2D eigenvalue weighted by Crippen LogP contribution is -2.43. The third-order valence-corrected chi connectivity index (χ3v) is 2.71. The van der Waals surface area contributed by atoms with Crippen LogP contribution in [0, 0.1) is 6.92 Å². The van der Waals surface area contributed by atoms with Crippen molar-refractivity contribution < 1.29 is 0 Å². The van der Waals surface area contributed by atoms with E-state index in [-0.39, 0.29) is 0 Å². The van der Waals surface area contributed by atoms with Crippen molar-refractivity contribution in [2.75, 3.05) is 18.0 Å². The maximum absolute atomic E-state index is 5.94. The highest BCUT2D eigenvalue weighted by molar-refractivity contribution is 5.34. The first kappa shape index (κ1) is 9.52. The molecule has 1 aliphatic rings. The van der Waals surface area contributed by atoms with Gasteiger partial charge in [0, 0.05) is 32.4 Å². The Morgan fingerprint density at radius 1 is 1.57 bits per heavy atom. The van der Waals surface area contributed by atoms with Crippen LogP contribution in [0.15, 0.2) is 6.20 Å². The molecule has 4 heteroatoms. The Labute approximate surface area is 84.7 Å². The highest BCUT2D eigenvalue weighted by atomic mass is 15.3. The molecule has 2 rings (SSSR count). The van der Waals surface area contributed by atoms with Crippen LogP contribution in [0.5, 0.6) is 0 Å². The Balaban J connectivity index is 2.17. The summed E-state index contributed by atoms with van der Waals surface area (Å²) in [6.07, 6.45) is 4.36. The average Bonchev–Trinajstić information content (AvgIpc) is 2.45. The molecule has 0 radical (unpaired) electrons. The van der Waals surface area contributed by atoms with Crippen molar-refractivity contribution in [3.63, 3.8) is 0 Å². The molecule has 78 valence electrons. The summed E-state index contributed by atoms with van der Waals surface area (Å²) in [6.45, 7) is 4.04. The minimum absolute atomic E-state index is 0.306. The van der Waals surface area contributed by atoms with Crippen LogP contribution in [0.2, 0.25) is 0 Å². The zero-order valence-electron chi connectivity index (χ0n) is 8.90. The van der Waals surface area contributed by atoms with Gasteiger partial charge in [0.2, 0.25) is 5.95 Å². The molecule has 1 aromatic rings. The zero-order chi connectivity index (χ0) is 10.1.